The van der Waals surface area contributed by atoms with Crippen LogP contribution in [0.15, 0.2) is 41.3 Å². The standard InChI is InChI=1S/C23H32N2O5S/c1-15(2)13-25(22-9-6-16(3)10-18(22)5)31(29,30)20-7-8-21(17(4)11-20)24-19(14-26)12-23(27)28/h6-11,15,19,24,26H,12-14H2,1-5H3,(H,27,28)/t19-/m1/s1. The lowest BCUT2D eigenvalue weighted by Gasteiger charge is -2.28. The number of aliphatic carboxylic acids is 1. The van der Waals surface area contributed by atoms with Crippen molar-refractivity contribution < 1.29 is 23.4 Å². The van der Waals surface area contributed by atoms with Gasteiger partial charge in [0.15, 0.2) is 0 Å². The van der Waals surface area contributed by atoms with Gasteiger partial charge in [-0.25, -0.2) is 8.42 Å². The second-order valence-electron chi connectivity index (χ2n) is 8.32. The van der Waals surface area contributed by atoms with Crippen molar-refractivity contribution in [1.82, 2.24) is 0 Å². The van der Waals surface area contributed by atoms with Crippen molar-refractivity contribution in [3.05, 3.63) is 53.1 Å². The van der Waals surface area contributed by atoms with Crippen LogP contribution in [0.2, 0.25) is 0 Å². The minimum Gasteiger partial charge on any atom is -0.481 e. The van der Waals surface area contributed by atoms with Crippen LogP contribution in [0.1, 0.15) is 37.0 Å². The number of aryl methyl sites for hydroxylation is 3. The zero-order valence-corrected chi connectivity index (χ0v) is 19.5. The molecule has 0 aliphatic carbocycles. The number of aliphatic hydroxyl groups excluding tert-OH is 1. The van der Waals surface area contributed by atoms with Crippen molar-refractivity contribution in [3.63, 3.8) is 0 Å². The van der Waals surface area contributed by atoms with Crippen LogP contribution in [0.4, 0.5) is 11.4 Å². The summed E-state index contributed by atoms with van der Waals surface area (Å²) in [7, 11) is -3.81. The van der Waals surface area contributed by atoms with Crippen molar-refractivity contribution in [3.8, 4) is 0 Å². The lowest BCUT2D eigenvalue weighted by atomic mass is 10.1. The number of benzene rings is 2. The van der Waals surface area contributed by atoms with E-state index in [1.54, 1.807) is 19.1 Å². The summed E-state index contributed by atoms with van der Waals surface area (Å²) < 4.78 is 28.6. The number of rotatable bonds is 10. The molecule has 170 valence electrons. The Hall–Kier alpha value is -2.58. The number of hydrogen-bond acceptors (Lipinski definition) is 5. The molecule has 0 aliphatic rings. The van der Waals surface area contributed by atoms with E-state index in [4.69, 9.17) is 5.11 Å². The van der Waals surface area contributed by atoms with E-state index >= 15 is 0 Å². The molecule has 0 bridgehead atoms. The lowest BCUT2D eigenvalue weighted by Crippen LogP contribution is -2.35. The maximum atomic E-state index is 13.6. The molecular formula is C23H32N2O5S. The van der Waals surface area contributed by atoms with Gasteiger partial charge in [-0.05, 0) is 62.1 Å². The van der Waals surface area contributed by atoms with Crippen LogP contribution in [0.3, 0.4) is 0 Å². The molecule has 0 fully saturated rings. The molecule has 2 aromatic rings. The highest BCUT2D eigenvalue weighted by Crippen LogP contribution is 2.30. The van der Waals surface area contributed by atoms with Crippen LogP contribution in [-0.4, -0.2) is 43.8 Å². The normalized spacial score (nSPS) is 12.6. The predicted octanol–water partition coefficient (Wildman–Crippen LogP) is 3.71. The fraction of sp³-hybridized carbons (Fsp3) is 0.435. The second-order valence-corrected chi connectivity index (χ2v) is 10.2. The lowest BCUT2D eigenvalue weighted by molar-refractivity contribution is -0.137. The summed E-state index contributed by atoms with van der Waals surface area (Å²) in [5.41, 5.74) is 3.84. The van der Waals surface area contributed by atoms with Gasteiger partial charge in [0.1, 0.15) is 0 Å². The first-order valence-corrected chi connectivity index (χ1v) is 11.7. The van der Waals surface area contributed by atoms with Crippen LogP contribution in [0.25, 0.3) is 0 Å². The number of carbonyl (C=O) groups is 1. The SMILES string of the molecule is Cc1ccc(N(CC(C)C)S(=O)(=O)c2ccc(N[C@@H](CO)CC(=O)O)c(C)c2)c(C)c1. The van der Waals surface area contributed by atoms with Gasteiger partial charge in [0.25, 0.3) is 10.0 Å². The van der Waals surface area contributed by atoms with Crippen LogP contribution in [0, 0.1) is 26.7 Å². The number of anilines is 2. The number of hydrogen-bond donors (Lipinski definition) is 3. The van der Waals surface area contributed by atoms with Crippen molar-refractivity contribution in [2.45, 2.75) is 52.0 Å². The Morgan fingerprint density at radius 1 is 1.06 bits per heavy atom. The molecule has 0 saturated carbocycles. The van der Waals surface area contributed by atoms with Crippen molar-refractivity contribution >= 4 is 27.4 Å². The van der Waals surface area contributed by atoms with Crippen LogP contribution >= 0.6 is 0 Å². The monoisotopic (exact) mass is 448 g/mol. The van der Waals surface area contributed by atoms with Crippen LogP contribution < -0.4 is 9.62 Å². The van der Waals surface area contributed by atoms with Crippen LogP contribution in [-0.2, 0) is 14.8 Å². The Morgan fingerprint density at radius 3 is 2.26 bits per heavy atom. The van der Waals surface area contributed by atoms with Crippen LogP contribution in [0.5, 0.6) is 0 Å². The maximum absolute atomic E-state index is 13.6. The summed E-state index contributed by atoms with van der Waals surface area (Å²) >= 11 is 0. The summed E-state index contributed by atoms with van der Waals surface area (Å²) in [5.74, 6) is -0.903. The van der Waals surface area contributed by atoms with E-state index < -0.39 is 22.0 Å². The molecule has 0 amide bonds. The second kappa shape index (κ2) is 10.2. The first-order chi connectivity index (χ1) is 14.4. The molecule has 8 heteroatoms. The molecule has 1 atom stereocenters. The maximum Gasteiger partial charge on any atom is 0.305 e. The molecule has 3 N–H and O–H groups in total. The largest absolute Gasteiger partial charge is 0.481 e. The summed E-state index contributed by atoms with van der Waals surface area (Å²) in [4.78, 5) is 11.1. The molecule has 7 nitrogen and oxygen atoms in total. The Kier molecular flexibility index (Phi) is 8.08. The first-order valence-electron chi connectivity index (χ1n) is 10.3. The summed E-state index contributed by atoms with van der Waals surface area (Å²) in [5, 5.41) is 21.3. The molecule has 0 spiro atoms. The fourth-order valence-electron chi connectivity index (χ4n) is 3.42. The van der Waals surface area contributed by atoms with Gasteiger partial charge in [0, 0.05) is 12.2 Å². The number of nitrogens with zero attached hydrogens (tertiary/aromatic N) is 1. The topological polar surface area (TPSA) is 107 Å². The molecule has 0 unspecified atom stereocenters. The molecule has 0 aliphatic heterocycles. The van der Waals surface area contributed by atoms with Gasteiger partial charge in [-0.3, -0.25) is 9.10 Å². The summed E-state index contributed by atoms with van der Waals surface area (Å²) in [6.45, 7) is 9.57. The van der Waals surface area contributed by atoms with E-state index in [0.29, 0.717) is 23.5 Å². The quantitative estimate of drug-likeness (QED) is 0.511. The zero-order chi connectivity index (χ0) is 23.3. The zero-order valence-electron chi connectivity index (χ0n) is 18.7. The summed E-state index contributed by atoms with van der Waals surface area (Å²) in [6, 6.07) is 9.74. The Balaban J connectivity index is 2.43. The Bertz CT molecular complexity index is 1030. The molecule has 0 heterocycles. The van der Waals surface area contributed by atoms with E-state index in [0.717, 1.165) is 11.1 Å². The van der Waals surface area contributed by atoms with Crippen molar-refractivity contribution in [2.75, 3.05) is 22.8 Å². The number of nitrogens with one attached hydrogen (secondary N) is 1. The average Bonchev–Trinajstić information content (AvgIpc) is 2.66. The minimum atomic E-state index is -3.81. The van der Waals surface area contributed by atoms with Gasteiger partial charge in [0.2, 0.25) is 0 Å². The number of sulfonamides is 1. The predicted molar refractivity (Wildman–Crippen MR) is 123 cm³/mol. The van der Waals surface area contributed by atoms with E-state index in [1.165, 1.54) is 10.4 Å². The minimum absolute atomic E-state index is 0.124. The fourth-order valence-corrected chi connectivity index (χ4v) is 5.20. The first kappa shape index (κ1) is 24.7. The van der Waals surface area contributed by atoms with Gasteiger partial charge in [-0.15, -0.1) is 0 Å². The average molecular weight is 449 g/mol. The third-order valence-electron chi connectivity index (χ3n) is 4.94. The third kappa shape index (κ3) is 6.21. The molecule has 0 radical (unpaired) electrons. The van der Waals surface area contributed by atoms with E-state index in [1.807, 2.05) is 45.9 Å². The van der Waals surface area contributed by atoms with E-state index in [-0.39, 0.29) is 23.8 Å². The van der Waals surface area contributed by atoms with Gasteiger partial charge in [-0.2, -0.15) is 0 Å². The highest BCUT2D eigenvalue weighted by atomic mass is 32.2. The van der Waals surface area contributed by atoms with Gasteiger partial charge < -0.3 is 15.5 Å². The van der Waals surface area contributed by atoms with E-state index in [9.17, 15) is 18.3 Å². The van der Waals surface area contributed by atoms with Crippen molar-refractivity contribution in [1.29, 1.82) is 0 Å². The number of carboxylic acids is 1. The molecular weight excluding hydrogens is 416 g/mol. The molecule has 0 aromatic heterocycles. The van der Waals surface area contributed by atoms with Gasteiger partial charge in [0.05, 0.1) is 29.7 Å². The number of carboxylic acid groups (broad SMARTS) is 1. The number of aliphatic hydroxyl groups is 1. The van der Waals surface area contributed by atoms with E-state index in [2.05, 4.69) is 5.32 Å². The summed E-state index contributed by atoms with van der Waals surface area (Å²) in [6.07, 6.45) is -0.245. The van der Waals surface area contributed by atoms with Crippen molar-refractivity contribution in [2.24, 2.45) is 5.92 Å². The van der Waals surface area contributed by atoms with Gasteiger partial charge >= 0.3 is 5.97 Å². The molecule has 2 aromatic carbocycles. The smallest absolute Gasteiger partial charge is 0.305 e. The molecule has 31 heavy (non-hydrogen) atoms. The van der Waals surface area contributed by atoms with Gasteiger partial charge in [-0.1, -0.05) is 31.5 Å². The molecule has 2 rings (SSSR count). The Morgan fingerprint density at radius 2 is 1.74 bits per heavy atom. The highest BCUT2D eigenvalue weighted by molar-refractivity contribution is 7.92. The Labute approximate surface area is 184 Å². The third-order valence-corrected chi connectivity index (χ3v) is 6.71. The highest BCUT2D eigenvalue weighted by Gasteiger charge is 2.27. The molecule has 0 saturated heterocycles.